The number of phenols is 1. The average molecular weight is 281 g/mol. The van der Waals surface area contributed by atoms with E-state index in [0.29, 0.717) is 11.3 Å². The van der Waals surface area contributed by atoms with Gasteiger partial charge in [-0.25, -0.2) is 0 Å². The highest BCUT2D eigenvalue weighted by Gasteiger charge is 2.04. The third kappa shape index (κ3) is 3.34. The van der Waals surface area contributed by atoms with Gasteiger partial charge in [0, 0.05) is 0 Å². The molecule has 2 aromatic rings. The van der Waals surface area contributed by atoms with Crippen LogP contribution in [0.25, 0.3) is 11.6 Å². The van der Waals surface area contributed by atoms with Gasteiger partial charge in [0.1, 0.15) is 5.75 Å². The summed E-state index contributed by atoms with van der Waals surface area (Å²) < 4.78 is 10.1. The number of aromatic hydroxyl groups is 1. The summed E-state index contributed by atoms with van der Waals surface area (Å²) in [7, 11) is 3.08. The van der Waals surface area contributed by atoms with Crippen molar-refractivity contribution in [2.24, 2.45) is 0 Å². The molecule has 2 rings (SSSR count). The Labute approximate surface area is 123 Å². The standard InChI is InChI=1S/C17H15NO3/c1-20-15-6-4-13(5-7-15)14(11-18)9-12-3-8-17(21-2)16(19)10-12/h3-10,19H,1-2H3/b14-9-. The number of nitrogens with zero attached hydrogens (tertiary/aromatic N) is 1. The molecule has 0 spiro atoms. The Morgan fingerprint density at radius 2 is 1.81 bits per heavy atom. The molecule has 2 aromatic carbocycles. The van der Waals surface area contributed by atoms with E-state index >= 15 is 0 Å². The van der Waals surface area contributed by atoms with Crippen LogP contribution in [0.1, 0.15) is 11.1 Å². The van der Waals surface area contributed by atoms with Gasteiger partial charge in [-0.2, -0.15) is 5.26 Å². The second kappa shape index (κ2) is 6.49. The quantitative estimate of drug-likeness (QED) is 0.688. The first-order valence-corrected chi connectivity index (χ1v) is 6.31. The van der Waals surface area contributed by atoms with Crippen LogP contribution >= 0.6 is 0 Å². The molecule has 0 bridgehead atoms. The van der Waals surface area contributed by atoms with Gasteiger partial charge in [-0.3, -0.25) is 0 Å². The van der Waals surface area contributed by atoms with Crippen LogP contribution in [0.3, 0.4) is 0 Å². The predicted octanol–water partition coefficient (Wildman–Crippen LogP) is 3.47. The average Bonchev–Trinajstić information content (AvgIpc) is 2.53. The van der Waals surface area contributed by atoms with Gasteiger partial charge in [-0.1, -0.05) is 6.07 Å². The molecular formula is C17H15NO3. The maximum Gasteiger partial charge on any atom is 0.160 e. The van der Waals surface area contributed by atoms with Crippen LogP contribution in [-0.4, -0.2) is 19.3 Å². The van der Waals surface area contributed by atoms with E-state index in [4.69, 9.17) is 9.47 Å². The molecule has 0 saturated heterocycles. The van der Waals surface area contributed by atoms with Crippen LogP contribution in [0.2, 0.25) is 0 Å². The highest BCUT2D eigenvalue weighted by Crippen LogP contribution is 2.28. The fourth-order valence-electron chi connectivity index (χ4n) is 1.91. The molecule has 0 atom stereocenters. The molecule has 0 unspecified atom stereocenters. The molecule has 0 saturated carbocycles. The molecule has 0 aromatic heterocycles. The Morgan fingerprint density at radius 3 is 2.33 bits per heavy atom. The molecule has 1 N–H and O–H groups in total. The van der Waals surface area contributed by atoms with E-state index in [1.165, 1.54) is 7.11 Å². The fraction of sp³-hybridized carbons (Fsp3) is 0.118. The summed E-state index contributed by atoms with van der Waals surface area (Å²) in [6, 6.07) is 14.4. The van der Waals surface area contributed by atoms with Crippen LogP contribution in [-0.2, 0) is 0 Å². The van der Waals surface area contributed by atoms with Crippen LogP contribution < -0.4 is 9.47 Å². The first kappa shape index (κ1) is 14.5. The number of benzene rings is 2. The molecule has 0 fully saturated rings. The first-order chi connectivity index (χ1) is 10.2. The molecule has 4 nitrogen and oxygen atoms in total. The van der Waals surface area contributed by atoms with Gasteiger partial charge >= 0.3 is 0 Å². The summed E-state index contributed by atoms with van der Waals surface area (Å²) in [5.74, 6) is 1.17. The molecule has 4 heteroatoms. The Morgan fingerprint density at radius 1 is 1.10 bits per heavy atom. The normalized spacial score (nSPS) is 10.8. The van der Waals surface area contributed by atoms with Gasteiger partial charge in [0.25, 0.3) is 0 Å². The van der Waals surface area contributed by atoms with E-state index in [2.05, 4.69) is 6.07 Å². The first-order valence-electron chi connectivity index (χ1n) is 6.31. The smallest absolute Gasteiger partial charge is 0.160 e. The summed E-state index contributed by atoms with van der Waals surface area (Å²) in [6.07, 6.45) is 1.71. The second-order valence-electron chi connectivity index (χ2n) is 4.33. The minimum atomic E-state index is 0.0401. The lowest BCUT2D eigenvalue weighted by Gasteiger charge is -2.05. The maximum absolute atomic E-state index is 9.76. The molecule has 21 heavy (non-hydrogen) atoms. The summed E-state index contributed by atoms with van der Waals surface area (Å²) in [5.41, 5.74) is 2.01. The molecule has 0 aliphatic carbocycles. The molecule has 0 amide bonds. The van der Waals surface area contributed by atoms with E-state index in [-0.39, 0.29) is 5.75 Å². The van der Waals surface area contributed by atoms with Gasteiger partial charge in [0.15, 0.2) is 11.5 Å². The Balaban J connectivity index is 2.36. The lowest BCUT2D eigenvalue weighted by Crippen LogP contribution is -1.86. The zero-order valence-electron chi connectivity index (χ0n) is 11.8. The number of nitriles is 1. The van der Waals surface area contributed by atoms with Crippen LogP contribution in [0.5, 0.6) is 17.2 Å². The van der Waals surface area contributed by atoms with Gasteiger partial charge < -0.3 is 14.6 Å². The summed E-state index contributed by atoms with van der Waals surface area (Å²) in [6.45, 7) is 0. The van der Waals surface area contributed by atoms with E-state index in [1.54, 1.807) is 43.5 Å². The van der Waals surface area contributed by atoms with Crippen molar-refractivity contribution in [2.45, 2.75) is 0 Å². The lowest BCUT2D eigenvalue weighted by molar-refractivity contribution is 0.373. The lowest BCUT2D eigenvalue weighted by atomic mass is 10.0. The van der Waals surface area contributed by atoms with Crippen LogP contribution in [0, 0.1) is 11.3 Å². The SMILES string of the molecule is COc1ccc(/C(C#N)=C\c2ccc(OC)c(O)c2)cc1. The third-order valence-corrected chi connectivity index (χ3v) is 3.04. The monoisotopic (exact) mass is 281 g/mol. The van der Waals surface area contributed by atoms with E-state index in [1.807, 2.05) is 12.1 Å². The summed E-state index contributed by atoms with van der Waals surface area (Å²) >= 11 is 0. The number of ether oxygens (including phenoxy) is 2. The van der Waals surface area contributed by atoms with Crippen molar-refractivity contribution in [1.82, 2.24) is 0 Å². The van der Waals surface area contributed by atoms with Crippen molar-refractivity contribution in [2.75, 3.05) is 14.2 Å². The summed E-state index contributed by atoms with van der Waals surface area (Å²) in [4.78, 5) is 0. The van der Waals surface area contributed by atoms with Crippen molar-refractivity contribution in [1.29, 1.82) is 5.26 Å². The number of hydrogen-bond donors (Lipinski definition) is 1. The van der Waals surface area contributed by atoms with Crippen molar-refractivity contribution >= 4 is 11.6 Å². The number of rotatable bonds is 4. The van der Waals surface area contributed by atoms with Gasteiger partial charge in [-0.05, 0) is 53.6 Å². The number of allylic oxidation sites excluding steroid dienone is 1. The zero-order valence-corrected chi connectivity index (χ0v) is 11.8. The molecule has 0 radical (unpaired) electrons. The van der Waals surface area contributed by atoms with Crippen molar-refractivity contribution in [3.8, 4) is 23.3 Å². The van der Waals surface area contributed by atoms with E-state index < -0.39 is 0 Å². The molecule has 106 valence electrons. The Bertz CT molecular complexity index is 697. The van der Waals surface area contributed by atoms with Gasteiger partial charge in [0.05, 0.1) is 25.9 Å². The van der Waals surface area contributed by atoms with Crippen molar-refractivity contribution in [3.63, 3.8) is 0 Å². The molecule has 0 heterocycles. The number of methoxy groups -OCH3 is 2. The minimum absolute atomic E-state index is 0.0401. The Hall–Kier alpha value is -2.93. The van der Waals surface area contributed by atoms with E-state index in [0.717, 1.165) is 16.9 Å². The molecular weight excluding hydrogens is 266 g/mol. The predicted molar refractivity (Wildman–Crippen MR) is 81.1 cm³/mol. The maximum atomic E-state index is 9.76. The van der Waals surface area contributed by atoms with Crippen LogP contribution in [0.15, 0.2) is 42.5 Å². The fourth-order valence-corrected chi connectivity index (χ4v) is 1.91. The summed E-state index contributed by atoms with van der Waals surface area (Å²) in [5, 5.41) is 19.1. The van der Waals surface area contributed by atoms with Crippen molar-refractivity contribution in [3.05, 3.63) is 53.6 Å². The highest BCUT2D eigenvalue weighted by atomic mass is 16.5. The van der Waals surface area contributed by atoms with Gasteiger partial charge in [-0.15, -0.1) is 0 Å². The van der Waals surface area contributed by atoms with E-state index in [9.17, 15) is 10.4 Å². The second-order valence-corrected chi connectivity index (χ2v) is 4.33. The zero-order chi connectivity index (χ0) is 15.2. The number of phenolic OH excluding ortho intramolecular Hbond substituents is 1. The van der Waals surface area contributed by atoms with Crippen molar-refractivity contribution < 1.29 is 14.6 Å². The third-order valence-electron chi connectivity index (χ3n) is 3.04. The van der Waals surface area contributed by atoms with Crippen LogP contribution in [0.4, 0.5) is 0 Å². The molecule has 0 aliphatic heterocycles. The van der Waals surface area contributed by atoms with Gasteiger partial charge in [0.2, 0.25) is 0 Å². The molecule has 0 aliphatic rings. The minimum Gasteiger partial charge on any atom is -0.504 e. The number of hydrogen-bond acceptors (Lipinski definition) is 4. The topological polar surface area (TPSA) is 62.5 Å². The Kier molecular flexibility index (Phi) is 4.47. The largest absolute Gasteiger partial charge is 0.504 e. The highest BCUT2D eigenvalue weighted by molar-refractivity contribution is 5.89.